The fraction of sp³-hybridized carbons (Fsp3) is 0.257. The quantitative estimate of drug-likeness (QED) is 0.153. The second-order valence-corrected chi connectivity index (χ2v) is 13.9. The Kier molecular flexibility index (Phi) is 12.2. The number of carbonyl (C=O) groups is 2. The van der Waals surface area contributed by atoms with E-state index in [-0.39, 0.29) is 34.6 Å². The van der Waals surface area contributed by atoms with Gasteiger partial charge in [0, 0.05) is 29.1 Å². The molecule has 254 valence electrons. The molecule has 0 saturated carbocycles. The van der Waals surface area contributed by atoms with Crippen LogP contribution in [-0.4, -0.2) is 43.8 Å². The van der Waals surface area contributed by atoms with Crippen molar-refractivity contribution in [2.24, 2.45) is 0 Å². The minimum absolute atomic E-state index is 0.0506. The lowest BCUT2D eigenvalue weighted by Gasteiger charge is -2.34. The molecule has 0 aromatic heterocycles. The molecule has 0 bridgehead atoms. The molecule has 2 atom stereocenters. The van der Waals surface area contributed by atoms with Gasteiger partial charge in [-0.15, -0.1) is 0 Å². The zero-order valence-electron chi connectivity index (χ0n) is 26.1. The van der Waals surface area contributed by atoms with Crippen molar-refractivity contribution in [2.45, 2.75) is 56.4 Å². The fourth-order valence-corrected chi connectivity index (χ4v) is 6.81. The monoisotopic (exact) mass is 719 g/mol. The minimum atomic E-state index is -4.78. The SMILES string of the molecule is CC[C@@H](C)NC(=O)[C@@H](Cc1ccccc1)N(Cc1ccc(Cl)cc1Cl)C(=O)CN(c1cccc(C(F)(F)F)c1)S(=O)(=O)c1ccccc1. The molecule has 0 aliphatic rings. The maximum absolute atomic E-state index is 14.5. The van der Waals surface area contributed by atoms with Crippen LogP contribution in [0.15, 0.2) is 108 Å². The van der Waals surface area contributed by atoms with Gasteiger partial charge in [0.2, 0.25) is 11.8 Å². The molecule has 1 N–H and O–H groups in total. The van der Waals surface area contributed by atoms with Gasteiger partial charge in [-0.1, -0.05) is 90.8 Å². The maximum Gasteiger partial charge on any atom is 0.416 e. The van der Waals surface area contributed by atoms with E-state index < -0.39 is 46.2 Å². The van der Waals surface area contributed by atoms with Crippen LogP contribution in [-0.2, 0) is 38.8 Å². The number of amides is 2. The number of nitrogens with one attached hydrogen (secondary N) is 1. The molecular formula is C35H34Cl2F3N3O4S. The average Bonchev–Trinajstić information content (AvgIpc) is 3.06. The van der Waals surface area contributed by atoms with E-state index in [9.17, 15) is 31.2 Å². The molecule has 4 aromatic carbocycles. The molecule has 0 saturated heterocycles. The van der Waals surface area contributed by atoms with Gasteiger partial charge < -0.3 is 10.2 Å². The topological polar surface area (TPSA) is 86.8 Å². The number of carbonyl (C=O) groups excluding carboxylic acids is 2. The van der Waals surface area contributed by atoms with Gasteiger partial charge in [0.1, 0.15) is 12.6 Å². The lowest BCUT2D eigenvalue weighted by Crippen LogP contribution is -2.54. The van der Waals surface area contributed by atoms with Crippen LogP contribution in [0, 0.1) is 0 Å². The number of hydrogen-bond acceptors (Lipinski definition) is 4. The summed E-state index contributed by atoms with van der Waals surface area (Å²) in [5.74, 6) is -1.35. The average molecular weight is 721 g/mol. The standard InChI is InChI=1S/C35H34Cl2F3N3O4S/c1-3-24(2)41-34(45)32(19-25-11-6-4-7-12-25)42(22-26-17-18-28(36)21-31(26)37)33(44)23-43(48(46,47)30-15-8-5-9-16-30)29-14-10-13-27(20-29)35(38,39)40/h4-18,20-21,24,32H,3,19,22-23H2,1-2H3,(H,41,45)/t24-,32-/m1/s1. The van der Waals surface area contributed by atoms with Crippen molar-refractivity contribution in [3.63, 3.8) is 0 Å². The van der Waals surface area contributed by atoms with Gasteiger partial charge in [0.15, 0.2) is 0 Å². The first-order valence-corrected chi connectivity index (χ1v) is 17.2. The molecule has 0 fully saturated rings. The van der Waals surface area contributed by atoms with Gasteiger partial charge >= 0.3 is 6.18 Å². The summed E-state index contributed by atoms with van der Waals surface area (Å²) < 4.78 is 70.0. The Morgan fingerprint density at radius 2 is 1.52 bits per heavy atom. The molecule has 0 unspecified atom stereocenters. The minimum Gasteiger partial charge on any atom is -0.352 e. The van der Waals surface area contributed by atoms with Crippen LogP contribution in [0.3, 0.4) is 0 Å². The summed E-state index contributed by atoms with van der Waals surface area (Å²) in [4.78, 5) is 29.4. The molecule has 2 amide bonds. The Bertz CT molecular complexity index is 1830. The van der Waals surface area contributed by atoms with Crippen molar-refractivity contribution in [3.05, 3.63) is 130 Å². The Morgan fingerprint density at radius 3 is 2.12 bits per heavy atom. The highest BCUT2D eigenvalue weighted by molar-refractivity contribution is 7.92. The molecular weight excluding hydrogens is 686 g/mol. The van der Waals surface area contributed by atoms with Gasteiger partial charge in [0.05, 0.1) is 16.1 Å². The van der Waals surface area contributed by atoms with E-state index in [1.807, 2.05) is 13.8 Å². The molecule has 13 heteroatoms. The maximum atomic E-state index is 14.5. The second kappa shape index (κ2) is 15.9. The summed E-state index contributed by atoms with van der Waals surface area (Å²) in [5, 5.41) is 3.45. The number of alkyl halides is 3. The molecule has 0 aliphatic heterocycles. The summed E-state index contributed by atoms with van der Waals surface area (Å²) in [5.41, 5.74) is -0.343. The van der Waals surface area contributed by atoms with E-state index in [2.05, 4.69) is 5.32 Å². The zero-order valence-corrected chi connectivity index (χ0v) is 28.5. The molecule has 0 heterocycles. The van der Waals surface area contributed by atoms with Crippen LogP contribution in [0.5, 0.6) is 0 Å². The molecule has 7 nitrogen and oxygen atoms in total. The Morgan fingerprint density at radius 1 is 0.875 bits per heavy atom. The van der Waals surface area contributed by atoms with Crippen molar-refractivity contribution in [1.29, 1.82) is 0 Å². The summed E-state index contributed by atoms with van der Waals surface area (Å²) in [7, 11) is -4.58. The highest BCUT2D eigenvalue weighted by Crippen LogP contribution is 2.34. The lowest BCUT2D eigenvalue weighted by molar-refractivity contribution is -0.140. The number of sulfonamides is 1. The van der Waals surface area contributed by atoms with Gasteiger partial charge in [-0.25, -0.2) is 8.42 Å². The normalized spacial score (nSPS) is 13.0. The van der Waals surface area contributed by atoms with Crippen LogP contribution in [0.4, 0.5) is 18.9 Å². The van der Waals surface area contributed by atoms with Crippen molar-refractivity contribution < 1.29 is 31.2 Å². The third-order valence-corrected chi connectivity index (χ3v) is 10.1. The van der Waals surface area contributed by atoms with Crippen LogP contribution >= 0.6 is 23.2 Å². The van der Waals surface area contributed by atoms with Gasteiger partial charge in [-0.05, 0) is 66.9 Å². The van der Waals surface area contributed by atoms with E-state index in [4.69, 9.17) is 23.2 Å². The number of nitrogens with zero attached hydrogens (tertiary/aromatic N) is 2. The predicted molar refractivity (Wildman–Crippen MR) is 181 cm³/mol. The molecule has 0 aliphatic carbocycles. The van der Waals surface area contributed by atoms with Gasteiger partial charge in [-0.3, -0.25) is 13.9 Å². The summed E-state index contributed by atoms with van der Waals surface area (Å²) in [6.07, 6.45) is -4.14. The molecule has 0 spiro atoms. The van der Waals surface area contributed by atoms with Crippen LogP contribution in [0.1, 0.15) is 37.0 Å². The number of anilines is 1. The first-order chi connectivity index (χ1) is 22.7. The second-order valence-electron chi connectivity index (χ2n) is 11.2. The Balaban J connectivity index is 1.86. The van der Waals surface area contributed by atoms with E-state index in [0.29, 0.717) is 32.9 Å². The first-order valence-electron chi connectivity index (χ1n) is 15.0. The third-order valence-electron chi connectivity index (χ3n) is 7.70. The Hall–Kier alpha value is -4.06. The van der Waals surface area contributed by atoms with Crippen LogP contribution in [0.25, 0.3) is 0 Å². The highest BCUT2D eigenvalue weighted by Gasteiger charge is 2.37. The van der Waals surface area contributed by atoms with E-state index in [1.165, 1.54) is 41.3 Å². The zero-order chi connectivity index (χ0) is 35.1. The lowest BCUT2D eigenvalue weighted by atomic mass is 10.0. The smallest absolute Gasteiger partial charge is 0.352 e. The summed E-state index contributed by atoms with van der Waals surface area (Å²) in [6.45, 7) is 2.53. The van der Waals surface area contributed by atoms with E-state index in [1.54, 1.807) is 48.5 Å². The number of hydrogen-bond donors (Lipinski definition) is 1. The van der Waals surface area contributed by atoms with Gasteiger partial charge in [0.25, 0.3) is 10.0 Å². The number of rotatable bonds is 13. The highest BCUT2D eigenvalue weighted by atomic mass is 35.5. The summed E-state index contributed by atoms with van der Waals surface area (Å²) >= 11 is 12.6. The van der Waals surface area contributed by atoms with Crippen LogP contribution < -0.4 is 9.62 Å². The van der Waals surface area contributed by atoms with Crippen molar-refractivity contribution in [3.8, 4) is 0 Å². The summed E-state index contributed by atoms with van der Waals surface area (Å²) in [6, 6.07) is 22.9. The Labute approximate surface area is 288 Å². The third kappa shape index (κ3) is 9.30. The first kappa shape index (κ1) is 36.8. The number of halogens is 5. The van der Waals surface area contributed by atoms with Crippen LogP contribution in [0.2, 0.25) is 10.0 Å². The molecule has 48 heavy (non-hydrogen) atoms. The molecule has 0 radical (unpaired) electrons. The molecule has 4 rings (SSSR count). The molecule has 4 aromatic rings. The number of benzene rings is 4. The van der Waals surface area contributed by atoms with Crippen molar-refractivity contribution in [1.82, 2.24) is 10.2 Å². The fourth-order valence-electron chi connectivity index (χ4n) is 4.91. The van der Waals surface area contributed by atoms with E-state index in [0.717, 1.165) is 12.1 Å². The van der Waals surface area contributed by atoms with E-state index >= 15 is 0 Å². The van der Waals surface area contributed by atoms with Crippen molar-refractivity contribution in [2.75, 3.05) is 10.8 Å². The van der Waals surface area contributed by atoms with Crippen molar-refractivity contribution >= 4 is 50.7 Å². The largest absolute Gasteiger partial charge is 0.416 e. The predicted octanol–water partition coefficient (Wildman–Crippen LogP) is 7.76. The van der Waals surface area contributed by atoms with Gasteiger partial charge in [-0.2, -0.15) is 13.2 Å².